The molecule has 0 unspecified atom stereocenters. The van der Waals surface area contributed by atoms with Crippen molar-refractivity contribution in [3.05, 3.63) is 35.4 Å². The Morgan fingerprint density at radius 1 is 1.35 bits per heavy atom. The fraction of sp³-hybridized carbons (Fsp3) is 0.158. The lowest BCUT2D eigenvalue weighted by molar-refractivity contribution is -0.108. The van der Waals surface area contributed by atoms with Crippen molar-refractivity contribution in [2.75, 3.05) is 12.5 Å². The minimum atomic E-state index is -0.226. The molecule has 4 rings (SSSR count). The predicted octanol–water partition coefficient (Wildman–Crippen LogP) is 2.70. The number of aromatic hydroxyl groups is 1. The van der Waals surface area contributed by atoms with Crippen molar-refractivity contribution in [2.24, 2.45) is 0 Å². The molecular formula is C19H15N3O4. The van der Waals surface area contributed by atoms with Crippen LogP contribution in [0.1, 0.15) is 11.1 Å². The maximum absolute atomic E-state index is 11.0. The van der Waals surface area contributed by atoms with Gasteiger partial charge >= 0.3 is 0 Å². The Labute approximate surface area is 148 Å². The minimum absolute atomic E-state index is 0.0994. The molecule has 130 valence electrons. The molecule has 7 heteroatoms. The third-order valence-electron chi connectivity index (χ3n) is 4.57. The molecule has 3 aromatic rings. The Bertz CT molecular complexity index is 1110. The van der Waals surface area contributed by atoms with Crippen molar-refractivity contribution in [1.82, 2.24) is 4.57 Å². The number of nitrogens with zero attached hydrogens (tertiary/aromatic N) is 2. The van der Waals surface area contributed by atoms with Crippen molar-refractivity contribution in [1.29, 1.82) is 5.26 Å². The number of carbonyl (C=O) groups is 1. The number of aryl methyl sites for hydroxylation is 1. The maximum atomic E-state index is 11.0. The first kappa shape index (κ1) is 15.8. The fourth-order valence-corrected chi connectivity index (χ4v) is 3.47. The van der Waals surface area contributed by atoms with Gasteiger partial charge in [-0.3, -0.25) is 0 Å². The summed E-state index contributed by atoms with van der Waals surface area (Å²) in [7, 11) is 0. The predicted molar refractivity (Wildman–Crippen MR) is 95.1 cm³/mol. The zero-order valence-corrected chi connectivity index (χ0v) is 13.9. The van der Waals surface area contributed by atoms with Gasteiger partial charge in [0.2, 0.25) is 12.7 Å². The largest absolute Gasteiger partial charge is 0.493 e. The lowest BCUT2D eigenvalue weighted by atomic mass is 9.93. The number of hydrogen-bond acceptors (Lipinski definition) is 6. The van der Waals surface area contributed by atoms with E-state index in [1.165, 1.54) is 4.57 Å². The number of aldehydes is 1. The van der Waals surface area contributed by atoms with Crippen molar-refractivity contribution in [3.63, 3.8) is 0 Å². The smallest absolute Gasteiger partial charge is 0.231 e. The highest BCUT2D eigenvalue weighted by atomic mass is 16.7. The Morgan fingerprint density at radius 3 is 2.85 bits per heavy atom. The Hall–Kier alpha value is -3.66. The molecule has 0 atom stereocenters. The first-order valence-corrected chi connectivity index (χ1v) is 7.94. The molecule has 0 saturated carbocycles. The van der Waals surface area contributed by atoms with Crippen LogP contribution >= 0.6 is 0 Å². The van der Waals surface area contributed by atoms with Gasteiger partial charge in [0.1, 0.15) is 18.0 Å². The van der Waals surface area contributed by atoms with Gasteiger partial charge in [0.05, 0.1) is 17.6 Å². The van der Waals surface area contributed by atoms with Gasteiger partial charge in [-0.15, -0.1) is 0 Å². The fourth-order valence-electron chi connectivity index (χ4n) is 3.47. The molecule has 26 heavy (non-hydrogen) atoms. The van der Waals surface area contributed by atoms with Crippen LogP contribution in [0.15, 0.2) is 24.3 Å². The van der Waals surface area contributed by atoms with Gasteiger partial charge in [0.25, 0.3) is 0 Å². The number of anilines is 1. The van der Waals surface area contributed by atoms with Crippen LogP contribution in [0.25, 0.3) is 22.0 Å². The number of rotatable bonds is 3. The topological polar surface area (TPSA) is 110 Å². The van der Waals surface area contributed by atoms with E-state index in [2.05, 4.69) is 6.07 Å². The van der Waals surface area contributed by atoms with Gasteiger partial charge in [-0.25, -0.2) is 0 Å². The van der Waals surface area contributed by atoms with E-state index < -0.39 is 0 Å². The van der Waals surface area contributed by atoms with Gasteiger partial charge in [-0.1, -0.05) is 6.07 Å². The van der Waals surface area contributed by atoms with Crippen molar-refractivity contribution in [3.8, 4) is 34.6 Å². The normalized spacial score (nSPS) is 12.3. The molecule has 0 radical (unpaired) electrons. The molecule has 0 aliphatic carbocycles. The highest BCUT2D eigenvalue weighted by molar-refractivity contribution is 6.09. The summed E-state index contributed by atoms with van der Waals surface area (Å²) >= 11 is 0. The second-order valence-electron chi connectivity index (χ2n) is 6.03. The van der Waals surface area contributed by atoms with Crippen LogP contribution in [0.5, 0.6) is 17.4 Å². The van der Waals surface area contributed by atoms with Crippen LogP contribution in [0, 0.1) is 18.3 Å². The molecule has 7 nitrogen and oxygen atoms in total. The van der Waals surface area contributed by atoms with E-state index >= 15 is 0 Å². The summed E-state index contributed by atoms with van der Waals surface area (Å²) in [5.74, 6) is 1.05. The SMILES string of the molecule is Cc1cc(C#N)c2c(c(N)c(O)n2CC=O)c1-c1ccc2c(c1)OCO2. The third kappa shape index (κ3) is 2.09. The summed E-state index contributed by atoms with van der Waals surface area (Å²) in [6.07, 6.45) is 0.653. The molecule has 1 aromatic heterocycles. The second-order valence-corrected chi connectivity index (χ2v) is 6.03. The summed E-state index contributed by atoms with van der Waals surface area (Å²) in [5, 5.41) is 20.5. The lowest BCUT2D eigenvalue weighted by Crippen LogP contribution is -2.00. The van der Waals surface area contributed by atoms with E-state index in [1.807, 2.05) is 19.1 Å². The van der Waals surface area contributed by atoms with Crippen LogP contribution < -0.4 is 15.2 Å². The standard InChI is InChI=1S/C19H15N3O4/c1-10-6-12(8-20)18-16(17(21)19(24)22(18)4-5-23)15(10)11-2-3-13-14(7-11)26-9-25-13/h2-3,5-7,24H,4,9,21H2,1H3. The molecule has 1 aliphatic heterocycles. The molecule has 2 heterocycles. The van der Waals surface area contributed by atoms with Crippen molar-refractivity contribution >= 4 is 22.9 Å². The summed E-state index contributed by atoms with van der Waals surface area (Å²) in [6, 6.07) is 9.36. The molecule has 0 spiro atoms. The quantitative estimate of drug-likeness (QED) is 0.703. The van der Waals surface area contributed by atoms with Gasteiger partial charge in [-0.2, -0.15) is 5.26 Å². The molecule has 0 saturated heterocycles. The van der Waals surface area contributed by atoms with Crippen LogP contribution in [0.3, 0.4) is 0 Å². The monoisotopic (exact) mass is 349 g/mol. The highest BCUT2D eigenvalue weighted by Crippen LogP contribution is 2.45. The molecule has 2 aromatic carbocycles. The molecule has 0 bridgehead atoms. The van der Waals surface area contributed by atoms with E-state index in [-0.39, 0.29) is 24.9 Å². The lowest BCUT2D eigenvalue weighted by Gasteiger charge is -2.12. The first-order chi connectivity index (χ1) is 12.6. The number of hydrogen-bond donors (Lipinski definition) is 2. The number of ether oxygens (including phenoxy) is 2. The number of nitriles is 1. The third-order valence-corrected chi connectivity index (χ3v) is 4.57. The second kappa shape index (κ2) is 5.70. The van der Waals surface area contributed by atoms with Gasteiger partial charge in [-0.05, 0) is 41.8 Å². The Kier molecular flexibility index (Phi) is 3.48. The van der Waals surface area contributed by atoms with Crippen LogP contribution in [-0.2, 0) is 11.3 Å². The van der Waals surface area contributed by atoms with E-state index in [9.17, 15) is 15.2 Å². The van der Waals surface area contributed by atoms with Gasteiger partial charge in [0, 0.05) is 5.39 Å². The van der Waals surface area contributed by atoms with E-state index in [0.717, 1.165) is 16.7 Å². The van der Waals surface area contributed by atoms with Crippen LogP contribution in [-0.4, -0.2) is 22.8 Å². The summed E-state index contributed by atoms with van der Waals surface area (Å²) in [5.41, 5.74) is 9.49. The molecule has 0 fully saturated rings. The average molecular weight is 349 g/mol. The first-order valence-electron chi connectivity index (χ1n) is 7.94. The molecule has 1 aliphatic rings. The molecule has 0 amide bonds. The number of aromatic nitrogens is 1. The van der Waals surface area contributed by atoms with Crippen LogP contribution in [0.4, 0.5) is 5.69 Å². The van der Waals surface area contributed by atoms with Gasteiger partial charge < -0.3 is 29.7 Å². The van der Waals surface area contributed by atoms with Crippen molar-refractivity contribution in [2.45, 2.75) is 13.5 Å². The zero-order chi connectivity index (χ0) is 18.4. The maximum Gasteiger partial charge on any atom is 0.231 e. The number of benzene rings is 2. The number of fused-ring (bicyclic) bond motifs is 2. The number of carbonyl (C=O) groups excluding carboxylic acids is 1. The Balaban J connectivity index is 2.10. The summed E-state index contributed by atoms with van der Waals surface area (Å²) < 4.78 is 12.2. The Morgan fingerprint density at radius 2 is 2.12 bits per heavy atom. The van der Waals surface area contributed by atoms with E-state index in [4.69, 9.17) is 15.2 Å². The van der Waals surface area contributed by atoms with E-state index in [0.29, 0.717) is 34.3 Å². The van der Waals surface area contributed by atoms with Crippen LogP contribution in [0.2, 0.25) is 0 Å². The molecular weight excluding hydrogens is 334 g/mol. The number of nitrogen functional groups attached to an aromatic ring is 1. The van der Waals surface area contributed by atoms with Crippen molar-refractivity contribution < 1.29 is 19.4 Å². The number of nitrogens with two attached hydrogens (primary N) is 1. The summed E-state index contributed by atoms with van der Waals surface area (Å²) in [4.78, 5) is 11.0. The summed E-state index contributed by atoms with van der Waals surface area (Å²) in [6.45, 7) is 1.94. The minimum Gasteiger partial charge on any atom is -0.493 e. The average Bonchev–Trinajstić information content (AvgIpc) is 3.20. The van der Waals surface area contributed by atoms with Gasteiger partial charge in [0.15, 0.2) is 11.5 Å². The van der Waals surface area contributed by atoms with E-state index in [1.54, 1.807) is 12.1 Å². The highest BCUT2D eigenvalue weighted by Gasteiger charge is 2.24. The zero-order valence-electron chi connectivity index (χ0n) is 13.9. The molecule has 3 N–H and O–H groups in total.